The van der Waals surface area contributed by atoms with Gasteiger partial charge in [-0.1, -0.05) is 6.08 Å². The third-order valence-corrected chi connectivity index (χ3v) is 2.77. The number of nitrogens with zero attached hydrogens (tertiary/aromatic N) is 1. The molecule has 0 radical (unpaired) electrons. The molecule has 0 unspecified atom stereocenters. The number of hydrogen-bond donors (Lipinski definition) is 1. The molecule has 22 heavy (non-hydrogen) atoms. The fourth-order valence-electron chi connectivity index (χ4n) is 1.76. The molecule has 0 bridgehead atoms. The van der Waals surface area contributed by atoms with Crippen LogP contribution >= 0.6 is 0 Å². The van der Waals surface area contributed by atoms with Crippen molar-refractivity contribution in [3.05, 3.63) is 35.9 Å². The minimum atomic E-state index is -0.476. The van der Waals surface area contributed by atoms with Gasteiger partial charge in [0.25, 0.3) is 5.91 Å². The molecule has 6 heteroatoms. The summed E-state index contributed by atoms with van der Waals surface area (Å²) in [6.45, 7) is 3.79. The fourth-order valence-corrected chi connectivity index (χ4v) is 1.76. The predicted molar refractivity (Wildman–Crippen MR) is 82.9 cm³/mol. The molecule has 1 N–H and O–H groups in total. The summed E-state index contributed by atoms with van der Waals surface area (Å²) in [6.07, 6.45) is 2.98. The monoisotopic (exact) mass is 302 g/mol. The largest absolute Gasteiger partial charge is 0.493 e. The maximum atomic E-state index is 11.8. The van der Waals surface area contributed by atoms with E-state index in [0.717, 1.165) is 0 Å². The highest BCUT2D eigenvalue weighted by Gasteiger charge is 2.14. The van der Waals surface area contributed by atoms with Gasteiger partial charge in [0.1, 0.15) is 11.6 Å². The Labute approximate surface area is 129 Å². The maximum Gasteiger partial charge on any atom is 0.262 e. The zero-order valence-corrected chi connectivity index (χ0v) is 12.8. The predicted octanol–water partition coefficient (Wildman–Crippen LogP) is 1.92. The lowest BCUT2D eigenvalue weighted by molar-refractivity contribution is -0.116. The summed E-state index contributed by atoms with van der Waals surface area (Å²) < 4.78 is 15.7. The molecule has 0 atom stereocenters. The van der Waals surface area contributed by atoms with Crippen molar-refractivity contribution in [3.63, 3.8) is 0 Å². The number of nitriles is 1. The van der Waals surface area contributed by atoms with E-state index in [1.54, 1.807) is 12.1 Å². The summed E-state index contributed by atoms with van der Waals surface area (Å²) in [5, 5.41) is 11.7. The average Bonchev–Trinajstić information content (AvgIpc) is 2.56. The van der Waals surface area contributed by atoms with Crippen LogP contribution in [0.4, 0.5) is 0 Å². The number of amides is 1. The lowest BCUT2D eigenvalue weighted by Crippen LogP contribution is -2.24. The summed E-state index contributed by atoms with van der Waals surface area (Å²) in [7, 11) is 4.49. The lowest BCUT2D eigenvalue weighted by atomic mass is 10.1. The molecule has 0 saturated carbocycles. The van der Waals surface area contributed by atoms with Crippen LogP contribution in [-0.2, 0) is 4.79 Å². The molecule has 1 aromatic carbocycles. The van der Waals surface area contributed by atoms with Gasteiger partial charge in [-0.3, -0.25) is 4.79 Å². The van der Waals surface area contributed by atoms with Crippen LogP contribution in [-0.4, -0.2) is 33.8 Å². The summed E-state index contributed by atoms with van der Waals surface area (Å²) in [5.74, 6) is 0.849. The molecular weight excluding hydrogens is 284 g/mol. The summed E-state index contributed by atoms with van der Waals surface area (Å²) in [4.78, 5) is 11.8. The molecule has 1 aromatic rings. The van der Waals surface area contributed by atoms with Gasteiger partial charge in [0, 0.05) is 6.54 Å². The van der Waals surface area contributed by atoms with E-state index in [9.17, 15) is 4.79 Å². The molecule has 0 aromatic heterocycles. The van der Waals surface area contributed by atoms with Gasteiger partial charge >= 0.3 is 0 Å². The highest BCUT2D eigenvalue weighted by molar-refractivity contribution is 6.01. The Bertz CT molecular complexity index is 605. The Hall–Kier alpha value is -2.94. The van der Waals surface area contributed by atoms with Gasteiger partial charge in [-0.15, -0.1) is 6.58 Å². The number of methoxy groups -OCH3 is 3. The van der Waals surface area contributed by atoms with Crippen LogP contribution in [0.15, 0.2) is 30.4 Å². The Kier molecular flexibility index (Phi) is 6.51. The number of ether oxygens (including phenoxy) is 3. The quantitative estimate of drug-likeness (QED) is 0.473. The van der Waals surface area contributed by atoms with Crippen LogP contribution < -0.4 is 19.5 Å². The molecular formula is C16H18N2O4. The van der Waals surface area contributed by atoms with E-state index in [2.05, 4.69) is 11.9 Å². The van der Waals surface area contributed by atoms with Gasteiger partial charge in [0.2, 0.25) is 5.75 Å². The number of carbonyl (C=O) groups is 1. The summed E-state index contributed by atoms with van der Waals surface area (Å²) in [5.41, 5.74) is 0.552. The van der Waals surface area contributed by atoms with Crippen LogP contribution in [0.25, 0.3) is 6.08 Å². The number of benzene rings is 1. The van der Waals surface area contributed by atoms with Crippen LogP contribution in [0.2, 0.25) is 0 Å². The van der Waals surface area contributed by atoms with Crippen molar-refractivity contribution in [3.8, 4) is 23.3 Å². The van der Waals surface area contributed by atoms with Crippen molar-refractivity contribution in [2.75, 3.05) is 27.9 Å². The number of rotatable bonds is 7. The second kappa shape index (κ2) is 8.37. The second-order valence-corrected chi connectivity index (χ2v) is 4.13. The topological polar surface area (TPSA) is 80.6 Å². The smallest absolute Gasteiger partial charge is 0.262 e. The average molecular weight is 302 g/mol. The van der Waals surface area contributed by atoms with Gasteiger partial charge in [-0.05, 0) is 23.8 Å². The zero-order chi connectivity index (χ0) is 16.5. The maximum absolute atomic E-state index is 11.8. The first kappa shape index (κ1) is 17.1. The van der Waals surface area contributed by atoms with Crippen molar-refractivity contribution < 1.29 is 19.0 Å². The highest BCUT2D eigenvalue weighted by atomic mass is 16.5. The van der Waals surface area contributed by atoms with Crippen molar-refractivity contribution in [1.82, 2.24) is 5.32 Å². The number of carbonyl (C=O) groups excluding carboxylic acids is 1. The van der Waals surface area contributed by atoms with E-state index in [0.29, 0.717) is 22.8 Å². The first-order valence-corrected chi connectivity index (χ1v) is 6.42. The molecule has 6 nitrogen and oxygen atoms in total. The molecule has 0 spiro atoms. The third-order valence-electron chi connectivity index (χ3n) is 2.77. The standard InChI is InChI=1S/C16H18N2O4/c1-5-6-18-16(19)12(10-17)7-11-8-13(20-2)15(22-4)14(9-11)21-3/h5,7-9H,1,6H2,2-4H3,(H,18,19). The minimum absolute atomic E-state index is 0.0314. The van der Waals surface area contributed by atoms with E-state index in [-0.39, 0.29) is 12.1 Å². The lowest BCUT2D eigenvalue weighted by Gasteiger charge is -2.13. The first-order chi connectivity index (χ1) is 10.6. The normalized spacial score (nSPS) is 10.4. The molecule has 0 aliphatic carbocycles. The van der Waals surface area contributed by atoms with Gasteiger partial charge in [0.15, 0.2) is 11.5 Å². The SMILES string of the molecule is C=CCNC(=O)C(C#N)=Cc1cc(OC)c(OC)c(OC)c1. The second-order valence-electron chi connectivity index (χ2n) is 4.13. The van der Waals surface area contributed by atoms with E-state index >= 15 is 0 Å². The molecule has 0 saturated heterocycles. The van der Waals surface area contributed by atoms with E-state index in [1.807, 2.05) is 6.07 Å². The van der Waals surface area contributed by atoms with Crippen molar-refractivity contribution >= 4 is 12.0 Å². The van der Waals surface area contributed by atoms with Crippen LogP contribution in [0.5, 0.6) is 17.2 Å². The number of nitrogens with one attached hydrogen (secondary N) is 1. The van der Waals surface area contributed by atoms with Crippen molar-refractivity contribution in [2.45, 2.75) is 0 Å². The van der Waals surface area contributed by atoms with Crippen LogP contribution in [0.1, 0.15) is 5.56 Å². The molecule has 1 rings (SSSR count). The third kappa shape index (κ3) is 4.03. The minimum Gasteiger partial charge on any atom is -0.493 e. The van der Waals surface area contributed by atoms with Gasteiger partial charge < -0.3 is 19.5 Å². The molecule has 1 amide bonds. The van der Waals surface area contributed by atoms with Crippen LogP contribution in [0.3, 0.4) is 0 Å². The van der Waals surface area contributed by atoms with Gasteiger partial charge in [-0.25, -0.2) is 0 Å². The zero-order valence-electron chi connectivity index (χ0n) is 12.8. The molecule has 0 aliphatic rings. The molecule has 0 fully saturated rings. The van der Waals surface area contributed by atoms with E-state index in [4.69, 9.17) is 19.5 Å². The van der Waals surface area contributed by atoms with Crippen molar-refractivity contribution in [2.24, 2.45) is 0 Å². The first-order valence-electron chi connectivity index (χ1n) is 6.42. The molecule has 0 heterocycles. The molecule has 116 valence electrons. The Morgan fingerprint density at radius 3 is 2.27 bits per heavy atom. The Balaban J connectivity index is 3.25. The summed E-state index contributed by atoms with van der Waals surface area (Å²) in [6, 6.07) is 5.17. The Morgan fingerprint density at radius 2 is 1.86 bits per heavy atom. The fraction of sp³-hybridized carbons (Fsp3) is 0.250. The van der Waals surface area contributed by atoms with Crippen molar-refractivity contribution in [1.29, 1.82) is 5.26 Å². The van der Waals surface area contributed by atoms with E-state index < -0.39 is 5.91 Å². The van der Waals surface area contributed by atoms with Crippen LogP contribution in [0, 0.1) is 11.3 Å². The van der Waals surface area contributed by atoms with Gasteiger partial charge in [-0.2, -0.15) is 5.26 Å². The number of hydrogen-bond acceptors (Lipinski definition) is 5. The Morgan fingerprint density at radius 1 is 1.27 bits per heavy atom. The summed E-state index contributed by atoms with van der Waals surface area (Å²) >= 11 is 0. The molecule has 0 aliphatic heterocycles. The van der Waals surface area contributed by atoms with Gasteiger partial charge in [0.05, 0.1) is 21.3 Å². The van der Waals surface area contributed by atoms with E-state index in [1.165, 1.54) is 33.5 Å². The highest BCUT2D eigenvalue weighted by Crippen LogP contribution is 2.38.